The smallest absolute Gasteiger partial charge is 0.269 e. The van der Waals surface area contributed by atoms with Crippen molar-refractivity contribution in [3.8, 4) is 0 Å². The number of rotatable bonds is 7. The van der Waals surface area contributed by atoms with Crippen LogP contribution in [-0.2, 0) is 20.6 Å². The number of hydrazine groups is 1. The third kappa shape index (κ3) is 5.82. The molecule has 0 heterocycles. The van der Waals surface area contributed by atoms with Gasteiger partial charge >= 0.3 is 0 Å². The first-order valence-electron chi connectivity index (χ1n) is 8.50. The molecular formula is C19H23N3O4S2. The van der Waals surface area contributed by atoms with E-state index in [9.17, 15) is 18.0 Å². The first kappa shape index (κ1) is 21.9. The number of nitrogens with zero attached hydrogens (tertiary/aromatic N) is 1. The van der Waals surface area contributed by atoms with E-state index in [0.717, 1.165) is 9.87 Å². The third-order valence-corrected chi connectivity index (χ3v) is 6.91. The number of carbonyl (C=O) groups is 2. The van der Waals surface area contributed by atoms with Gasteiger partial charge in [0, 0.05) is 25.4 Å². The predicted molar refractivity (Wildman–Crippen MR) is 110 cm³/mol. The zero-order chi connectivity index (χ0) is 20.7. The van der Waals surface area contributed by atoms with E-state index >= 15 is 0 Å². The highest BCUT2D eigenvalue weighted by Gasteiger charge is 2.19. The van der Waals surface area contributed by atoms with Gasteiger partial charge < -0.3 is 0 Å². The fourth-order valence-corrected chi connectivity index (χ4v) is 3.97. The van der Waals surface area contributed by atoms with E-state index in [1.165, 1.54) is 50.1 Å². The Morgan fingerprint density at radius 3 is 2.36 bits per heavy atom. The second kappa shape index (κ2) is 9.72. The molecule has 0 fully saturated rings. The van der Waals surface area contributed by atoms with E-state index in [1.54, 1.807) is 6.92 Å². The van der Waals surface area contributed by atoms with Crippen LogP contribution in [-0.4, -0.2) is 43.9 Å². The predicted octanol–water partition coefficient (Wildman–Crippen LogP) is 2.02. The van der Waals surface area contributed by atoms with Crippen LogP contribution in [0.3, 0.4) is 0 Å². The lowest BCUT2D eigenvalue weighted by atomic mass is 10.2. The van der Waals surface area contributed by atoms with Gasteiger partial charge in [-0.05, 0) is 30.7 Å². The van der Waals surface area contributed by atoms with Crippen LogP contribution in [0.2, 0.25) is 0 Å². The van der Waals surface area contributed by atoms with Crippen LogP contribution in [0.4, 0.5) is 0 Å². The molecule has 2 rings (SSSR count). The summed E-state index contributed by atoms with van der Waals surface area (Å²) in [5.41, 5.74) is 5.94. The molecule has 9 heteroatoms. The minimum absolute atomic E-state index is 0.00302. The molecule has 7 nitrogen and oxygen atoms in total. The molecule has 28 heavy (non-hydrogen) atoms. The first-order chi connectivity index (χ1) is 13.2. The number of sulfonamides is 1. The van der Waals surface area contributed by atoms with Gasteiger partial charge in [-0.15, -0.1) is 11.8 Å². The zero-order valence-corrected chi connectivity index (χ0v) is 17.5. The van der Waals surface area contributed by atoms with Crippen LogP contribution in [0.25, 0.3) is 0 Å². The average molecular weight is 422 g/mol. The van der Waals surface area contributed by atoms with Crippen molar-refractivity contribution < 1.29 is 18.0 Å². The summed E-state index contributed by atoms with van der Waals surface area (Å²) < 4.78 is 25.4. The summed E-state index contributed by atoms with van der Waals surface area (Å²) in [6.07, 6.45) is 0. The van der Waals surface area contributed by atoms with Crippen molar-refractivity contribution in [1.82, 2.24) is 15.2 Å². The van der Waals surface area contributed by atoms with E-state index in [4.69, 9.17) is 0 Å². The number of hydrogen-bond acceptors (Lipinski definition) is 5. The van der Waals surface area contributed by atoms with E-state index in [2.05, 4.69) is 10.9 Å². The summed E-state index contributed by atoms with van der Waals surface area (Å²) in [7, 11) is -0.822. The summed E-state index contributed by atoms with van der Waals surface area (Å²) >= 11 is 1.45. The normalized spacial score (nSPS) is 12.4. The molecule has 0 saturated heterocycles. The molecule has 0 aliphatic carbocycles. The Kier molecular flexibility index (Phi) is 7.61. The molecule has 2 N–H and O–H groups in total. The van der Waals surface area contributed by atoms with Gasteiger partial charge in [0.1, 0.15) is 0 Å². The lowest BCUT2D eigenvalue weighted by Crippen LogP contribution is -2.45. The maximum atomic E-state index is 12.3. The van der Waals surface area contributed by atoms with Crippen molar-refractivity contribution in [3.05, 3.63) is 65.7 Å². The highest BCUT2D eigenvalue weighted by Crippen LogP contribution is 2.17. The Hall–Kier alpha value is -2.36. The highest BCUT2D eigenvalue weighted by molar-refractivity contribution is 7.99. The van der Waals surface area contributed by atoms with Gasteiger partial charge in [-0.25, -0.2) is 12.7 Å². The molecule has 0 saturated carbocycles. The van der Waals surface area contributed by atoms with E-state index < -0.39 is 15.9 Å². The van der Waals surface area contributed by atoms with Crippen LogP contribution in [0, 0.1) is 0 Å². The summed E-state index contributed by atoms with van der Waals surface area (Å²) in [6, 6.07) is 15.4. The van der Waals surface area contributed by atoms with E-state index in [1.807, 2.05) is 30.3 Å². The SMILES string of the molecule is C[C@H](SCc1ccccc1)C(=O)NNC(=O)c1cccc(S(=O)(=O)N(C)C)c1. The Bertz CT molecular complexity index is 931. The fraction of sp³-hybridized carbons (Fsp3) is 0.263. The lowest BCUT2D eigenvalue weighted by molar-refractivity contribution is -0.121. The second-order valence-corrected chi connectivity index (χ2v) is 9.68. The van der Waals surface area contributed by atoms with Crippen molar-refractivity contribution in [1.29, 1.82) is 0 Å². The minimum Gasteiger partial charge on any atom is -0.272 e. The van der Waals surface area contributed by atoms with Gasteiger partial charge in [0.2, 0.25) is 10.0 Å². The fourth-order valence-electron chi connectivity index (χ4n) is 2.17. The van der Waals surface area contributed by atoms with Gasteiger partial charge in [0.05, 0.1) is 10.1 Å². The van der Waals surface area contributed by atoms with Gasteiger partial charge in [-0.3, -0.25) is 20.4 Å². The van der Waals surface area contributed by atoms with Gasteiger partial charge in [0.25, 0.3) is 11.8 Å². The quantitative estimate of drug-likeness (QED) is 0.667. The minimum atomic E-state index is -3.65. The molecule has 0 spiro atoms. The standard InChI is InChI=1S/C19H23N3O4S2/c1-14(27-13-15-8-5-4-6-9-15)18(23)20-21-19(24)16-10-7-11-17(12-16)28(25,26)22(2)3/h4-12,14H,13H2,1-3H3,(H,20,23)(H,21,24)/t14-/m0/s1. The zero-order valence-electron chi connectivity index (χ0n) is 15.9. The number of carbonyl (C=O) groups excluding carboxylic acids is 2. The van der Waals surface area contributed by atoms with Crippen molar-refractivity contribution in [2.75, 3.05) is 14.1 Å². The van der Waals surface area contributed by atoms with Gasteiger partial charge in [0.15, 0.2) is 0 Å². The van der Waals surface area contributed by atoms with Crippen LogP contribution >= 0.6 is 11.8 Å². The number of amides is 2. The summed E-state index contributed by atoms with van der Waals surface area (Å²) in [6.45, 7) is 1.75. The molecular weight excluding hydrogens is 398 g/mol. The van der Waals surface area contributed by atoms with Gasteiger partial charge in [-0.2, -0.15) is 0 Å². The monoisotopic (exact) mass is 421 g/mol. The molecule has 0 bridgehead atoms. The maximum Gasteiger partial charge on any atom is 0.269 e. The summed E-state index contributed by atoms with van der Waals surface area (Å²) in [4.78, 5) is 24.4. The van der Waals surface area contributed by atoms with Crippen molar-refractivity contribution in [2.24, 2.45) is 0 Å². The van der Waals surface area contributed by atoms with Crippen molar-refractivity contribution in [2.45, 2.75) is 22.8 Å². The topological polar surface area (TPSA) is 95.6 Å². The van der Waals surface area contributed by atoms with E-state index in [0.29, 0.717) is 5.75 Å². The van der Waals surface area contributed by atoms with Gasteiger partial charge in [-0.1, -0.05) is 36.4 Å². The molecule has 0 aromatic heterocycles. The Balaban J connectivity index is 1.92. The molecule has 2 aromatic carbocycles. The van der Waals surface area contributed by atoms with Crippen LogP contribution in [0.1, 0.15) is 22.8 Å². The Morgan fingerprint density at radius 2 is 1.71 bits per heavy atom. The molecule has 0 unspecified atom stereocenters. The Labute approximate surface area is 169 Å². The molecule has 0 radical (unpaired) electrons. The summed E-state index contributed by atoms with van der Waals surface area (Å²) in [5, 5.41) is -0.374. The van der Waals surface area contributed by atoms with Crippen LogP contribution in [0.15, 0.2) is 59.5 Å². The van der Waals surface area contributed by atoms with Crippen LogP contribution in [0.5, 0.6) is 0 Å². The molecule has 150 valence electrons. The summed E-state index contributed by atoms with van der Waals surface area (Å²) in [5.74, 6) is -0.260. The number of benzene rings is 2. The number of nitrogens with one attached hydrogen (secondary N) is 2. The molecule has 0 aliphatic heterocycles. The Morgan fingerprint density at radius 1 is 1.04 bits per heavy atom. The first-order valence-corrected chi connectivity index (χ1v) is 11.0. The average Bonchev–Trinajstić information content (AvgIpc) is 2.70. The largest absolute Gasteiger partial charge is 0.272 e. The molecule has 2 amide bonds. The molecule has 0 aliphatic rings. The van der Waals surface area contributed by atoms with Crippen LogP contribution < -0.4 is 10.9 Å². The van der Waals surface area contributed by atoms with Crippen molar-refractivity contribution in [3.63, 3.8) is 0 Å². The third-order valence-electron chi connectivity index (χ3n) is 3.89. The molecule has 2 aromatic rings. The maximum absolute atomic E-state index is 12.3. The number of hydrogen-bond donors (Lipinski definition) is 2. The van der Waals surface area contributed by atoms with Crippen molar-refractivity contribution >= 4 is 33.6 Å². The van der Waals surface area contributed by atoms with E-state index in [-0.39, 0.29) is 21.6 Å². The number of thioether (sulfide) groups is 1. The second-order valence-electron chi connectivity index (χ2n) is 6.20. The lowest BCUT2D eigenvalue weighted by Gasteiger charge is -2.14. The molecule has 1 atom stereocenters. The highest BCUT2D eigenvalue weighted by atomic mass is 32.2.